The summed E-state index contributed by atoms with van der Waals surface area (Å²) in [6, 6.07) is 9.10. The second kappa shape index (κ2) is 9.78. The van der Waals surface area contributed by atoms with Gasteiger partial charge in [-0.25, -0.2) is 14.2 Å². The number of pyridine rings is 1. The van der Waals surface area contributed by atoms with Gasteiger partial charge in [0.25, 0.3) is 5.56 Å². The Hall–Kier alpha value is -3.79. The molecule has 33 heavy (non-hydrogen) atoms. The van der Waals surface area contributed by atoms with Crippen molar-refractivity contribution in [2.24, 2.45) is 10.9 Å². The number of aromatic nitrogens is 2. The third kappa shape index (κ3) is 5.01. The van der Waals surface area contributed by atoms with Gasteiger partial charge in [0.05, 0.1) is 25.3 Å². The topological polar surface area (TPSA) is 112 Å². The highest BCUT2D eigenvalue weighted by atomic mass is 19.1. The summed E-state index contributed by atoms with van der Waals surface area (Å²) in [5.41, 5.74) is 8.19. The zero-order valence-electron chi connectivity index (χ0n) is 18.2. The molecule has 0 saturated carbocycles. The standard InChI is InChI=1S/C23H24FN5O4/c1-2-18-21(22(25)27-33-20(30)13-15-3-5-16(24)6-4-15)26-19-8-7-17(14-29(19)23(18)31)28-9-11-32-12-10-28/h3-8,14H,2,9-13H2,1H3,(H2,25,27). The molecule has 2 N–H and O–H groups in total. The largest absolute Gasteiger partial charge is 0.379 e. The van der Waals surface area contributed by atoms with Gasteiger partial charge in [-0.3, -0.25) is 9.20 Å². The van der Waals surface area contributed by atoms with Gasteiger partial charge < -0.3 is 20.2 Å². The Bertz CT molecular complexity index is 1250. The van der Waals surface area contributed by atoms with Crippen LogP contribution in [0.25, 0.3) is 5.65 Å². The van der Waals surface area contributed by atoms with Gasteiger partial charge in [-0.15, -0.1) is 0 Å². The molecular weight excluding hydrogens is 429 g/mol. The Morgan fingerprint density at radius 3 is 2.64 bits per heavy atom. The quantitative estimate of drug-likeness (QED) is 0.261. The van der Waals surface area contributed by atoms with Crippen molar-refractivity contribution in [3.8, 4) is 0 Å². The molecule has 1 fully saturated rings. The zero-order chi connectivity index (χ0) is 23.4. The lowest BCUT2D eigenvalue weighted by molar-refractivity contribution is -0.142. The fraction of sp³-hybridized carbons (Fsp3) is 0.304. The van der Waals surface area contributed by atoms with Crippen LogP contribution in [-0.2, 0) is 27.2 Å². The number of benzene rings is 1. The number of morpholine rings is 1. The lowest BCUT2D eigenvalue weighted by atomic mass is 10.1. The van der Waals surface area contributed by atoms with Crippen molar-refractivity contribution in [1.82, 2.24) is 9.38 Å². The fourth-order valence-electron chi connectivity index (χ4n) is 3.65. The van der Waals surface area contributed by atoms with E-state index in [4.69, 9.17) is 15.3 Å². The molecule has 1 aliphatic rings. The van der Waals surface area contributed by atoms with Crippen molar-refractivity contribution in [3.63, 3.8) is 0 Å². The molecule has 0 amide bonds. The SMILES string of the molecule is CCc1c(C(N)=NOC(=O)Cc2ccc(F)cc2)nc2ccc(N3CCOCC3)cn2c1=O. The summed E-state index contributed by atoms with van der Waals surface area (Å²) < 4.78 is 19.9. The van der Waals surface area contributed by atoms with Crippen molar-refractivity contribution < 1.29 is 18.8 Å². The van der Waals surface area contributed by atoms with E-state index in [2.05, 4.69) is 15.0 Å². The second-order valence-corrected chi connectivity index (χ2v) is 7.56. The molecule has 0 aliphatic carbocycles. The summed E-state index contributed by atoms with van der Waals surface area (Å²) in [6.45, 7) is 4.58. The van der Waals surface area contributed by atoms with Crippen LogP contribution in [-0.4, -0.2) is 47.5 Å². The lowest BCUT2D eigenvalue weighted by Gasteiger charge is -2.28. The van der Waals surface area contributed by atoms with Gasteiger partial charge in [-0.2, -0.15) is 0 Å². The highest BCUT2D eigenvalue weighted by Crippen LogP contribution is 2.17. The first-order valence-corrected chi connectivity index (χ1v) is 10.6. The normalized spacial score (nSPS) is 14.5. The number of rotatable bonds is 6. The summed E-state index contributed by atoms with van der Waals surface area (Å²) in [4.78, 5) is 36.8. The molecule has 3 aromatic rings. The molecule has 10 heteroatoms. The maximum absolute atomic E-state index is 13.2. The van der Waals surface area contributed by atoms with E-state index < -0.39 is 11.8 Å². The van der Waals surface area contributed by atoms with E-state index in [1.54, 1.807) is 12.3 Å². The van der Waals surface area contributed by atoms with Crippen LogP contribution in [0, 0.1) is 5.82 Å². The highest BCUT2D eigenvalue weighted by molar-refractivity contribution is 5.97. The van der Waals surface area contributed by atoms with Crippen LogP contribution < -0.4 is 16.2 Å². The van der Waals surface area contributed by atoms with Crippen LogP contribution in [0.3, 0.4) is 0 Å². The van der Waals surface area contributed by atoms with Crippen LogP contribution in [0.4, 0.5) is 10.1 Å². The molecule has 2 aromatic heterocycles. The predicted molar refractivity (Wildman–Crippen MR) is 121 cm³/mol. The minimum atomic E-state index is -0.671. The number of carbonyl (C=O) groups excluding carboxylic acids is 1. The number of ether oxygens (including phenoxy) is 1. The molecule has 0 bridgehead atoms. The minimum Gasteiger partial charge on any atom is -0.379 e. The summed E-state index contributed by atoms with van der Waals surface area (Å²) in [6.07, 6.45) is 2.02. The third-order valence-electron chi connectivity index (χ3n) is 5.38. The molecule has 0 spiro atoms. The van der Waals surface area contributed by atoms with Gasteiger partial charge in [0, 0.05) is 24.8 Å². The maximum atomic E-state index is 13.2. The summed E-state index contributed by atoms with van der Waals surface area (Å²) in [5.74, 6) is -1.24. The number of nitrogens with two attached hydrogens (primary N) is 1. The summed E-state index contributed by atoms with van der Waals surface area (Å²) in [7, 11) is 0. The number of halogens is 1. The van der Waals surface area contributed by atoms with E-state index in [1.807, 2.05) is 13.0 Å². The number of amidine groups is 1. The number of carbonyl (C=O) groups is 1. The zero-order valence-corrected chi connectivity index (χ0v) is 18.2. The average molecular weight is 453 g/mol. The first-order chi connectivity index (χ1) is 16.0. The summed E-state index contributed by atoms with van der Waals surface area (Å²) in [5, 5.41) is 3.69. The molecule has 4 rings (SSSR count). The fourth-order valence-corrected chi connectivity index (χ4v) is 3.65. The van der Waals surface area contributed by atoms with Crippen LogP contribution in [0.15, 0.2) is 52.5 Å². The lowest BCUT2D eigenvalue weighted by Crippen LogP contribution is -2.36. The van der Waals surface area contributed by atoms with E-state index in [0.717, 1.165) is 18.8 Å². The second-order valence-electron chi connectivity index (χ2n) is 7.56. The molecule has 3 heterocycles. The van der Waals surface area contributed by atoms with Gasteiger partial charge in [-0.1, -0.05) is 24.2 Å². The number of hydrogen-bond acceptors (Lipinski definition) is 7. The third-order valence-corrected chi connectivity index (χ3v) is 5.38. The Morgan fingerprint density at radius 2 is 1.94 bits per heavy atom. The Balaban J connectivity index is 1.58. The number of nitrogens with zero attached hydrogens (tertiary/aromatic N) is 4. The Morgan fingerprint density at radius 1 is 1.21 bits per heavy atom. The molecule has 1 aromatic carbocycles. The Labute approximate surface area is 189 Å². The molecule has 0 unspecified atom stereocenters. The molecule has 1 saturated heterocycles. The van der Waals surface area contributed by atoms with Crippen molar-refractivity contribution in [1.29, 1.82) is 0 Å². The van der Waals surface area contributed by atoms with Crippen LogP contribution in [0.2, 0.25) is 0 Å². The van der Waals surface area contributed by atoms with Crippen LogP contribution in [0.1, 0.15) is 23.7 Å². The maximum Gasteiger partial charge on any atom is 0.339 e. The van der Waals surface area contributed by atoms with Crippen LogP contribution in [0.5, 0.6) is 0 Å². The Kier molecular flexibility index (Phi) is 6.64. The van der Waals surface area contributed by atoms with E-state index in [9.17, 15) is 14.0 Å². The molecule has 1 aliphatic heterocycles. The van der Waals surface area contributed by atoms with E-state index >= 15 is 0 Å². The molecule has 0 atom stereocenters. The highest BCUT2D eigenvalue weighted by Gasteiger charge is 2.18. The molecule has 9 nitrogen and oxygen atoms in total. The number of oxime groups is 1. The predicted octanol–water partition coefficient (Wildman–Crippen LogP) is 1.64. The average Bonchev–Trinajstić information content (AvgIpc) is 2.84. The van der Waals surface area contributed by atoms with Crippen molar-refractivity contribution in [2.45, 2.75) is 19.8 Å². The molecule has 172 valence electrons. The van der Waals surface area contributed by atoms with Crippen molar-refractivity contribution >= 4 is 23.1 Å². The van der Waals surface area contributed by atoms with Crippen molar-refractivity contribution in [3.05, 3.63) is 75.6 Å². The van der Waals surface area contributed by atoms with Gasteiger partial charge in [-0.05, 0) is 36.2 Å². The number of hydrogen-bond donors (Lipinski definition) is 1. The summed E-state index contributed by atoms with van der Waals surface area (Å²) >= 11 is 0. The number of anilines is 1. The number of fused-ring (bicyclic) bond motifs is 1. The van der Waals surface area contributed by atoms with Gasteiger partial charge >= 0.3 is 5.97 Å². The van der Waals surface area contributed by atoms with Crippen LogP contribution >= 0.6 is 0 Å². The van der Waals surface area contributed by atoms with Crippen molar-refractivity contribution in [2.75, 3.05) is 31.2 Å². The van der Waals surface area contributed by atoms with Gasteiger partial charge in [0.2, 0.25) is 0 Å². The van der Waals surface area contributed by atoms with Gasteiger partial charge in [0.1, 0.15) is 17.2 Å². The minimum absolute atomic E-state index is 0.101. The van der Waals surface area contributed by atoms with E-state index in [0.29, 0.717) is 36.4 Å². The molecule has 0 radical (unpaired) electrons. The van der Waals surface area contributed by atoms with Gasteiger partial charge in [0.15, 0.2) is 5.84 Å². The monoisotopic (exact) mass is 453 g/mol. The molecular formula is C23H24FN5O4. The smallest absolute Gasteiger partial charge is 0.339 e. The first kappa shape index (κ1) is 22.4. The van der Waals surface area contributed by atoms with E-state index in [-0.39, 0.29) is 23.5 Å². The van der Waals surface area contributed by atoms with E-state index in [1.165, 1.54) is 28.7 Å². The first-order valence-electron chi connectivity index (χ1n) is 10.6.